The molecule has 0 radical (unpaired) electrons. The first-order chi connectivity index (χ1) is 7.72. The van der Waals surface area contributed by atoms with Gasteiger partial charge < -0.3 is 15.2 Å². The molecule has 1 unspecified atom stereocenters. The Morgan fingerprint density at radius 3 is 2.62 bits per heavy atom. The van der Waals surface area contributed by atoms with Gasteiger partial charge in [0.15, 0.2) is 0 Å². The molecular formula is C13H21NO2. The fourth-order valence-electron chi connectivity index (χ4n) is 1.76. The van der Waals surface area contributed by atoms with E-state index in [-0.39, 0.29) is 0 Å². The molecule has 0 saturated carbocycles. The van der Waals surface area contributed by atoms with E-state index in [0.717, 1.165) is 17.7 Å². The van der Waals surface area contributed by atoms with Gasteiger partial charge in [-0.1, -0.05) is 19.1 Å². The van der Waals surface area contributed by atoms with Gasteiger partial charge in [0.25, 0.3) is 0 Å². The quantitative estimate of drug-likeness (QED) is 0.804. The number of hydrogen-bond acceptors (Lipinski definition) is 3. The molecule has 0 aromatic heterocycles. The minimum Gasteiger partial charge on any atom is -0.496 e. The van der Waals surface area contributed by atoms with E-state index in [4.69, 9.17) is 15.2 Å². The van der Waals surface area contributed by atoms with Gasteiger partial charge in [-0.2, -0.15) is 0 Å². The summed E-state index contributed by atoms with van der Waals surface area (Å²) in [5.74, 6) is 1.36. The van der Waals surface area contributed by atoms with Crippen LogP contribution in [0.15, 0.2) is 18.2 Å². The summed E-state index contributed by atoms with van der Waals surface area (Å²) in [4.78, 5) is 0. The normalized spacial score (nSPS) is 12.5. The average molecular weight is 223 g/mol. The summed E-state index contributed by atoms with van der Waals surface area (Å²) in [6.07, 6.45) is 0.993. The van der Waals surface area contributed by atoms with Gasteiger partial charge in [0.05, 0.1) is 13.7 Å². The van der Waals surface area contributed by atoms with Crippen molar-refractivity contribution in [3.8, 4) is 5.75 Å². The standard InChI is InChI=1S/C13H21NO2/c1-10(6-7-14)11-4-5-12(9-15-2)13(8-11)16-3/h4-5,8,10H,6-7,9,14H2,1-3H3. The van der Waals surface area contributed by atoms with Crippen LogP contribution in [0.2, 0.25) is 0 Å². The van der Waals surface area contributed by atoms with E-state index in [0.29, 0.717) is 19.1 Å². The molecule has 0 aliphatic heterocycles. The maximum Gasteiger partial charge on any atom is 0.124 e. The molecule has 0 spiro atoms. The summed E-state index contributed by atoms with van der Waals surface area (Å²) >= 11 is 0. The van der Waals surface area contributed by atoms with Crippen molar-refractivity contribution in [1.29, 1.82) is 0 Å². The predicted molar refractivity (Wildman–Crippen MR) is 65.8 cm³/mol. The van der Waals surface area contributed by atoms with Crippen molar-refractivity contribution in [2.75, 3.05) is 20.8 Å². The van der Waals surface area contributed by atoms with Crippen LogP contribution in [0.3, 0.4) is 0 Å². The lowest BCUT2D eigenvalue weighted by Gasteiger charge is -2.14. The minimum absolute atomic E-state index is 0.468. The van der Waals surface area contributed by atoms with Crippen molar-refractivity contribution in [3.63, 3.8) is 0 Å². The summed E-state index contributed by atoms with van der Waals surface area (Å²) in [6.45, 7) is 3.47. The molecule has 1 aromatic carbocycles. The van der Waals surface area contributed by atoms with E-state index in [1.54, 1.807) is 14.2 Å². The predicted octanol–water partition coefficient (Wildman–Crippen LogP) is 2.29. The highest BCUT2D eigenvalue weighted by molar-refractivity contribution is 5.38. The number of ether oxygens (including phenoxy) is 2. The maximum absolute atomic E-state index is 5.56. The fourth-order valence-corrected chi connectivity index (χ4v) is 1.76. The molecule has 3 heteroatoms. The molecule has 1 aromatic rings. The molecule has 1 atom stereocenters. The van der Waals surface area contributed by atoms with Crippen molar-refractivity contribution in [2.24, 2.45) is 5.73 Å². The molecule has 0 amide bonds. The van der Waals surface area contributed by atoms with E-state index in [2.05, 4.69) is 25.1 Å². The Morgan fingerprint density at radius 1 is 1.31 bits per heavy atom. The summed E-state index contributed by atoms with van der Waals surface area (Å²) < 4.78 is 10.5. The van der Waals surface area contributed by atoms with Crippen molar-refractivity contribution in [2.45, 2.75) is 25.9 Å². The molecule has 0 bridgehead atoms. The Morgan fingerprint density at radius 2 is 2.06 bits per heavy atom. The van der Waals surface area contributed by atoms with Crippen LogP contribution in [0.4, 0.5) is 0 Å². The fraction of sp³-hybridized carbons (Fsp3) is 0.538. The molecule has 0 aliphatic rings. The van der Waals surface area contributed by atoms with E-state index in [9.17, 15) is 0 Å². The van der Waals surface area contributed by atoms with Gasteiger partial charge in [-0.3, -0.25) is 0 Å². The largest absolute Gasteiger partial charge is 0.496 e. The van der Waals surface area contributed by atoms with Crippen molar-refractivity contribution >= 4 is 0 Å². The molecular weight excluding hydrogens is 202 g/mol. The van der Waals surface area contributed by atoms with Gasteiger partial charge in [-0.05, 0) is 30.5 Å². The Balaban J connectivity index is 2.89. The Labute approximate surface area is 97.6 Å². The molecule has 0 fully saturated rings. The molecule has 1 rings (SSSR count). The van der Waals surface area contributed by atoms with Crippen LogP contribution in [-0.2, 0) is 11.3 Å². The zero-order valence-corrected chi connectivity index (χ0v) is 10.3. The molecule has 0 saturated heterocycles. The van der Waals surface area contributed by atoms with Crippen molar-refractivity contribution in [3.05, 3.63) is 29.3 Å². The summed E-state index contributed by atoms with van der Waals surface area (Å²) in [5, 5.41) is 0. The van der Waals surface area contributed by atoms with Crippen LogP contribution < -0.4 is 10.5 Å². The molecule has 2 N–H and O–H groups in total. The zero-order valence-electron chi connectivity index (χ0n) is 10.3. The SMILES string of the molecule is COCc1ccc(C(C)CCN)cc1OC. The van der Waals surface area contributed by atoms with Crippen molar-refractivity contribution < 1.29 is 9.47 Å². The minimum atomic E-state index is 0.468. The van der Waals surface area contributed by atoms with Gasteiger partial charge in [0.1, 0.15) is 5.75 Å². The van der Waals surface area contributed by atoms with Crippen LogP contribution in [-0.4, -0.2) is 20.8 Å². The van der Waals surface area contributed by atoms with E-state index < -0.39 is 0 Å². The van der Waals surface area contributed by atoms with Gasteiger partial charge in [-0.25, -0.2) is 0 Å². The van der Waals surface area contributed by atoms with Crippen LogP contribution in [0.1, 0.15) is 30.4 Å². The highest BCUT2D eigenvalue weighted by Gasteiger charge is 2.09. The molecule has 90 valence electrons. The van der Waals surface area contributed by atoms with Crippen LogP contribution in [0.5, 0.6) is 5.75 Å². The second-order valence-electron chi connectivity index (χ2n) is 3.98. The second kappa shape index (κ2) is 6.51. The first-order valence-corrected chi connectivity index (χ1v) is 5.58. The van der Waals surface area contributed by atoms with Gasteiger partial charge in [0, 0.05) is 12.7 Å². The third-order valence-electron chi connectivity index (χ3n) is 2.78. The monoisotopic (exact) mass is 223 g/mol. The summed E-state index contributed by atoms with van der Waals surface area (Å²) in [6, 6.07) is 6.26. The first kappa shape index (κ1) is 13.0. The second-order valence-corrected chi connectivity index (χ2v) is 3.98. The number of hydrogen-bond donors (Lipinski definition) is 1. The summed E-state index contributed by atoms with van der Waals surface area (Å²) in [7, 11) is 3.37. The van der Waals surface area contributed by atoms with E-state index >= 15 is 0 Å². The van der Waals surface area contributed by atoms with Gasteiger partial charge in [-0.15, -0.1) is 0 Å². The molecule has 16 heavy (non-hydrogen) atoms. The highest BCUT2D eigenvalue weighted by Crippen LogP contribution is 2.26. The van der Waals surface area contributed by atoms with Crippen LogP contribution >= 0.6 is 0 Å². The third kappa shape index (κ3) is 3.22. The molecule has 0 heterocycles. The lowest BCUT2D eigenvalue weighted by Crippen LogP contribution is -2.05. The lowest BCUT2D eigenvalue weighted by molar-refractivity contribution is 0.181. The summed E-state index contributed by atoms with van der Waals surface area (Å²) in [5.41, 5.74) is 7.91. The Kier molecular flexibility index (Phi) is 5.29. The maximum atomic E-state index is 5.56. The first-order valence-electron chi connectivity index (χ1n) is 5.58. The highest BCUT2D eigenvalue weighted by atomic mass is 16.5. The average Bonchev–Trinajstić information content (AvgIpc) is 2.30. The van der Waals surface area contributed by atoms with Crippen LogP contribution in [0.25, 0.3) is 0 Å². The zero-order chi connectivity index (χ0) is 12.0. The number of nitrogens with two attached hydrogens (primary N) is 1. The molecule has 3 nitrogen and oxygen atoms in total. The van der Waals surface area contributed by atoms with Crippen LogP contribution in [0, 0.1) is 0 Å². The molecule has 0 aliphatic carbocycles. The van der Waals surface area contributed by atoms with Crippen molar-refractivity contribution in [1.82, 2.24) is 0 Å². The topological polar surface area (TPSA) is 44.5 Å². The van der Waals surface area contributed by atoms with E-state index in [1.807, 2.05) is 0 Å². The lowest BCUT2D eigenvalue weighted by atomic mass is 9.96. The van der Waals surface area contributed by atoms with E-state index in [1.165, 1.54) is 5.56 Å². The Hall–Kier alpha value is -1.06. The van der Waals surface area contributed by atoms with Gasteiger partial charge >= 0.3 is 0 Å². The third-order valence-corrected chi connectivity index (χ3v) is 2.78. The smallest absolute Gasteiger partial charge is 0.124 e. The number of rotatable bonds is 6. The van der Waals surface area contributed by atoms with Gasteiger partial charge in [0.2, 0.25) is 0 Å². The number of benzene rings is 1. The number of methoxy groups -OCH3 is 2. The Bertz CT molecular complexity index is 326.